The van der Waals surface area contributed by atoms with Crippen molar-refractivity contribution in [2.45, 2.75) is 50.6 Å². The minimum atomic E-state index is 0.350. The maximum atomic E-state index is 8.93. The van der Waals surface area contributed by atoms with Gasteiger partial charge in [0.25, 0.3) is 0 Å². The molecule has 1 aliphatic carbocycles. The zero-order valence-electron chi connectivity index (χ0n) is 9.57. The van der Waals surface area contributed by atoms with Gasteiger partial charge >= 0.3 is 0 Å². The number of hydrogen-bond acceptors (Lipinski definition) is 3. The van der Waals surface area contributed by atoms with Crippen LogP contribution in [0.25, 0.3) is 0 Å². The Morgan fingerprint density at radius 2 is 2.13 bits per heavy atom. The van der Waals surface area contributed by atoms with Gasteiger partial charge < -0.3 is 15.7 Å². The van der Waals surface area contributed by atoms with E-state index in [9.17, 15) is 0 Å². The summed E-state index contributed by atoms with van der Waals surface area (Å²) in [5.41, 5.74) is 6.02. The van der Waals surface area contributed by atoms with Gasteiger partial charge in [-0.15, -0.1) is 0 Å². The Kier molecular flexibility index (Phi) is 4.00. The number of nitrogens with zero attached hydrogens (tertiary/aromatic N) is 1. The fourth-order valence-electron chi connectivity index (χ4n) is 3.14. The summed E-state index contributed by atoms with van der Waals surface area (Å²) in [7, 11) is 0. The maximum Gasteiger partial charge on any atom is 0.0434 e. The predicted molar refractivity (Wildman–Crippen MR) is 61.6 cm³/mol. The first-order chi connectivity index (χ1) is 7.29. The molecule has 0 bridgehead atoms. The summed E-state index contributed by atoms with van der Waals surface area (Å²) < 4.78 is 0. The second kappa shape index (κ2) is 5.28. The molecule has 3 N–H and O–H groups in total. The SMILES string of the molecule is NC1CCCC(N2CCC(CCO)C2)C1. The average molecular weight is 212 g/mol. The first kappa shape index (κ1) is 11.4. The highest BCUT2D eigenvalue weighted by molar-refractivity contribution is 4.86. The summed E-state index contributed by atoms with van der Waals surface area (Å²) in [4.78, 5) is 2.61. The summed E-state index contributed by atoms with van der Waals surface area (Å²) >= 11 is 0. The van der Waals surface area contributed by atoms with Crippen molar-refractivity contribution in [3.8, 4) is 0 Å². The minimum absolute atomic E-state index is 0.350. The molecule has 2 fully saturated rings. The molecule has 88 valence electrons. The summed E-state index contributed by atoms with van der Waals surface area (Å²) in [5.74, 6) is 0.730. The van der Waals surface area contributed by atoms with Gasteiger partial charge in [0.15, 0.2) is 0 Å². The number of nitrogens with two attached hydrogens (primary N) is 1. The second-order valence-electron chi connectivity index (χ2n) is 5.24. The highest BCUT2D eigenvalue weighted by Gasteiger charge is 2.30. The van der Waals surface area contributed by atoms with Crippen LogP contribution >= 0.6 is 0 Å². The van der Waals surface area contributed by atoms with Crippen LogP contribution in [0.3, 0.4) is 0 Å². The van der Waals surface area contributed by atoms with Crippen molar-refractivity contribution in [2.24, 2.45) is 11.7 Å². The van der Waals surface area contributed by atoms with Crippen molar-refractivity contribution in [1.82, 2.24) is 4.90 Å². The van der Waals surface area contributed by atoms with E-state index in [4.69, 9.17) is 10.8 Å². The van der Waals surface area contributed by atoms with Gasteiger partial charge in [-0.25, -0.2) is 0 Å². The van der Waals surface area contributed by atoms with Crippen LogP contribution in [0.15, 0.2) is 0 Å². The first-order valence-corrected chi connectivity index (χ1v) is 6.40. The lowest BCUT2D eigenvalue weighted by atomic mass is 9.91. The lowest BCUT2D eigenvalue weighted by Gasteiger charge is -2.34. The van der Waals surface area contributed by atoms with Crippen LogP contribution < -0.4 is 5.73 Å². The van der Waals surface area contributed by atoms with Crippen molar-refractivity contribution in [1.29, 1.82) is 0 Å². The third-order valence-corrected chi connectivity index (χ3v) is 4.06. The Balaban J connectivity index is 1.79. The molecule has 1 aliphatic heterocycles. The Bertz CT molecular complexity index is 198. The molecule has 0 aromatic rings. The third-order valence-electron chi connectivity index (χ3n) is 4.06. The molecular weight excluding hydrogens is 188 g/mol. The van der Waals surface area contributed by atoms with E-state index in [2.05, 4.69) is 4.90 Å². The average Bonchev–Trinajstić information content (AvgIpc) is 2.67. The Morgan fingerprint density at radius 3 is 2.87 bits per heavy atom. The number of aliphatic hydroxyl groups excluding tert-OH is 1. The highest BCUT2D eigenvalue weighted by Crippen LogP contribution is 2.28. The monoisotopic (exact) mass is 212 g/mol. The summed E-state index contributed by atoms with van der Waals surface area (Å²) in [5, 5.41) is 8.93. The van der Waals surface area contributed by atoms with E-state index >= 15 is 0 Å². The largest absolute Gasteiger partial charge is 0.396 e. The highest BCUT2D eigenvalue weighted by atomic mass is 16.3. The van der Waals surface area contributed by atoms with Crippen molar-refractivity contribution in [2.75, 3.05) is 19.7 Å². The van der Waals surface area contributed by atoms with Gasteiger partial charge in [0.2, 0.25) is 0 Å². The molecule has 15 heavy (non-hydrogen) atoms. The molecular formula is C12H24N2O. The van der Waals surface area contributed by atoms with Crippen LogP contribution in [0.1, 0.15) is 38.5 Å². The molecule has 1 heterocycles. The van der Waals surface area contributed by atoms with E-state index in [0.29, 0.717) is 12.6 Å². The number of likely N-dealkylation sites (tertiary alicyclic amines) is 1. The molecule has 3 unspecified atom stereocenters. The molecule has 2 aliphatic rings. The van der Waals surface area contributed by atoms with E-state index in [1.54, 1.807) is 0 Å². The lowest BCUT2D eigenvalue weighted by molar-refractivity contribution is 0.169. The van der Waals surface area contributed by atoms with E-state index in [-0.39, 0.29) is 0 Å². The summed E-state index contributed by atoms with van der Waals surface area (Å²) in [6.07, 6.45) is 7.28. The Morgan fingerprint density at radius 1 is 1.27 bits per heavy atom. The number of rotatable bonds is 3. The van der Waals surface area contributed by atoms with Gasteiger partial charge in [-0.2, -0.15) is 0 Å². The summed E-state index contributed by atoms with van der Waals surface area (Å²) in [6.45, 7) is 2.77. The molecule has 3 nitrogen and oxygen atoms in total. The van der Waals surface area contributed by atoms with Crippen molar-refractivity contribution < 1.29 is 5.11 Å². The van der Waals surface area contributed by atoms with Gasteiger partial charge in [-0.05, 0) is 44.6 Å². The van der Waals surface area contributed by atoms with Gasteiger partial charge in [-0.1, -0.05) is 6.42 Å². The van der Waals surface area contributed by atoms with Crippen LogP contribution in [-0.4, -0.2) is 41.8 Å². The first-order valence-electron chi connectivity index (χ1n) is 6.40. The molecule has 0 aromatic heterocycles. The second-order valence-corrected chi connectivity index (χ2v) is 5.24. The van der Waals surface area contributed by atoms with E-state index in [1.807, 2.05) is 0 Å². The molecule has 0 spiro atoms. The molecule has 1 saturated carbocycles. The fourth-order valence-corrected chi connectivity index (χ4v) is 3.14. The lowest BCUT2D eigenvalue weighted by Crippen LogP contribution is -2.41. The van der Waals surface area contributed by atoms with Crippen LogP contribution in [0.4, 0.5) is 0 Å². The molecule has 0 aromatic carbocycles. The zero-order chi connectivity index (χ0) is 10.7. The molecule has 3 atom stereocenters. The van der Waals surface area contributed by atoms with Crippen molar-refractivity contribution >= 4 is 0 Å². The number of hydrogen-bond donors (Lipinski definition) is 2. The topological polar surface area (TPSA) is 49.5 Å². The molecule has 1 saturated heterocycles. The van der Waals surface area contributed by atoms with Gasteiger partial charge in [-0.3, -0.25) is 0 Å². The molecule has 0 radical (unpaired) electrons. The van der Waals surface area contributed by atoms with Gasteiger partial charge in [0.1, 0.15) is 0 Å². The van der Waals surface area contributed by atoms with E-state index in [1.165, 1.54) is 45.2 Å². The van der Waals surface area contributed by atoms with Crippen LogP contribution in [0.2, 0.25) is 0 Å². The van der Waals surface area contributed by atoms with E-state index in [0.717, 1.165) is 18.4 Å². The third kappa shape index (κ3) is 2.92. The molecule has 3 heteroatoms. The predicted octanol–water partition coefficient (Wildman–Crippen LogP) is 0.961. The van der Waals surface area contributed by atoms with Crippen LogP contribution in [0.5, 0.6) is 0 Å². The standard InChI is InChI=1S/C12H24N2O/c13-11-2-1-3-12(8-11)14-6-4-10(9-14)5-7-15/h10-12,15H,1-9,13H2. The van der Waals surface area contributed by atoms with Crippen molar-refractivity contribution in [3.05, 3.63) is 0 Å². The van der Waals surface area contributed by atoms with E-state index < -0.39 is 0 Å². The minimum Gasteiger partial charge on any atom is -0.396 e. The van der Waals surface area contributed by atoms with Crippen LogP contribution in [-0.2, 0) is 0 Å². The molecule has 2 rings (SSSR count). The Labute approximate surface area is 92.6 Å². The zero-order valence-corrected chi connectivity index (χ0v) is 9.57. The normalized spacial score (nSPS) is 38.4. The number of aliphatic hydroxyl groups is 1. The maximum absolute atomic E-state index is 8.93. The van der Waals surface area contributed by atoms with Crippen LogP contribution in [0, 0.1) is 5.92 Å². The Hall–Kier alpha value is -0.120. The van der Waals surface area contributed by atoms with Gasteiger partial charge in [0.05, 0.1) is 0 Å². The summed E-state index contributed by atoms with van der Waals surface area (Å²) in [6, 6.07) is 1.16. The molecule has 0 amide bonds. The quantitative estimate of drug-likeness (QED) is 0.732. The van der Waals surface area contributed by atoms with Crippen molar-refractivity contribution in [3.63, 3.8) is 0 Å². The smallest absolute Gasteiger partial charge is 0.0434 e. The fraction of sp³-hybridized carbons (Fsp3) is 1.00. The van der Waals surface area contributed by atoms with Gasteiger partial charge in [0, 0.05) is 25.2 Å².